The summed E-state index contributed by atoms with van der Waals surface area (Å²) in [5.41, 5.74) is 0.849. The van der Waals surface area contributed by atoms with Gasteiger partial charge in [-0.25, -0.2) is 9.97 Å². The van der Waals surface area contributed by atoms with Gasteiger partial charge < -0.3 is 14.8 Å². The number of nitrogens with zero attached hydrogens (tertiary/aromatic N) is 2. The molecule has 6 heteroatoms. The number of anilines is 1. The third kappa shape index (κ3) is 3.43. The van der Waals surface area contributed by atoms with Gasteiger partial charge in [0.05, 0.1) is 16.8 Å². The topological polar surface area (TPSA) is 56.3 Å². The van der Waals surface area contributed by atoms with Gasteiger partial charge in [-0.1, -0.05) is 0 Å². The van der Waals surface area contributed by atoms with E-state index in [9.17, 15) is 0 Å². The van der Waals surface area contributed by atoms with Gasteiger partial charge in [0, 0.05) is 20.8 Å². The van der Waals surface area contributed by atoms with Gasteiger partial charge in [0.15, 0.2) is 5.82 Å². The van der Waals surface area contributed by atoms with Crippen LogP contribution in [0.2, 0.25) is 0 Å². The van der Waals surface area contributed by atoms with Crippen LogP contribution in [-0.2, 0) is 16.1 Å². The molecule has 0 aromatic carbocycles. The quantitative estimate of drug-likeness (QED) is 0.833. The van der Waals surface area contributed by atoms with Crippen molar-refractivity contribution in [1.82, 2.24) is 9.97 Å². The lowest BCUT2D eigenvalue weighted by atomic mass is 10.2. The molecule has 1 aliphatic rings. The predicted octanol–water partition coefficient (Wildman–Crippen LogP) is 2.91. The summed E-state index contributed by atoms with van der Waals surface area (Å²) >= 11 is 3.51. The highest BCUT2D eigenvalue weighted by molar-refractivity contribution is 9.10. The second-order valence-electron chi connectivity index (χ2n) is 4.59. The molecule has 0 aliphatic heterocycles. The van der Waals surface area contributed by atoms with Crippen LogP contribution in [0.1, 0.15) is 37.4 Å². The zero-order valence-corrected chi connectivity index (χ0v) is 13.2. The van der Waals surface area contributed by atoms with Crippen LogP contribution in [0.15, 0.2) is 4.47 Å². The zero-order valence-electron chi connectivity index (χ0n) is 11.6. The van der Waals surface area contributed by atoms with Gasteiger partial charge in [-0.15, -0.1) is 0 Å². The van der Waals surface area contributed by atoms with Crippen molar-refractivity contribution in [3.63, 3.8) is 0 Å². The van der Waals surface area contributed by atoms with Gasteiger partial charge in [-0.2, -0.15) is 0 Å². The van der Waals surface area contributed by atoms with Crippen molar-refractivity contribution in [2.24, 2.45) is 5.92 Å². The molecule has 1 aliphatic carbocycles. The average molecular weight is 330 g/mol. The van der Waals surface area contributed by atoms with Gasteiger partial charge >= 0.3 is 0 Å². The molecule has 0 bridgehead atoms. The molecule has 1 N–H and O–H groups in total. The third-order valence-electron chi connectivity index (χ3n) is 3.11. The summed E-state index contributed by atoms with van der Waals surface area (Å²) < 4.78 is 11.9. The largest absolute Gasteiger partial charge is 0.378 e. The molecular weight excluding hydrogens is 310 g/mol. The van der Waals surface area contributed by atoms with E-state index in [-0.39, 0.29) is 6.10 Å². The lowest BCUT2D eigenvalue weighted by Crippen LogP contribution is -2.14. The molecule has 0 saturated heterocycles. The fourth-order valence-electron chi connectivity index (χ4n) is 2.04. The summed E-state index contributed by atoms with van der Waals surface area (Å²) in [6, 6.07) is 0. The van der Waals surface area contributed by atoms with Crippen LogP contribution >= 0.6 is 15.9 Å². The molecule has 0 radical (unpaired) electrons. The molecular formula is C13H20BrN3O2. The number of hydrogen-bond acceptors (Lipinski definition) is 5. The smallest absolute Gasteiger partial charge is 0.160 e. The molecule has 1 fully saturated rings. The SMILES string of the molecule is CCOC(c1nc(COC)c(Br)c(NC)n1)C1CC1. The fourth-order valence-corrected chi connectivity index (χ4v) is 2.53. The Bertz CT molecular complexity index is 438. The average Bonchev–Trinajstić information content (AvgIpc) is 3.23. The zero-order chi connectivity index (χ0) is 13.8. The molecule has 0 spiro atoms. The Morgan fingerprint density at radius 1 is 1.42 bits per heavy atom. The van der Waals surface area contributed by atoms with Crippen molar-refractivity contribution in [3.8, 4) is 0 Å². The van der Waals surface area contributed by atoms with Crippen molar-refractivity contribution in [1.29, 1.82) is 0 Å². The molecule has 1 aromatic rings. The molecule has 0 amide bonds. The monoisotopic (exact) mass is 329 g/mol. The number of methoxy groups -OCH3 is 1. The summed E-state index contributed by atoms with van der Waals surface area (Å²) in [5, 5.41) is 3.08. The Labute approximate surface area is 122 Å². The Morgan fingerprint density at radius 2 is 2.16 bits per heavy atom. The Hall–Kier alpha value is -0.720. The van der Waals surface area contributed by atoms with E-state index in [1.165, 1.54) is 12.8 Å². The number of rotatable bonds is 7. The first kappa shape index (κ1) is 14.7. The Balaban J connectivity index is 2.34. The highest BCUT2D eigenvalue weighted by Crippen LogP contribution is 2.43. The van der Waals surface area contributed by atoms with Crippen LogP contribution in [0, 0.1) is 5.92 Å². The number of halogens is 1. The van der Waals surface area contributed by atoms with E-state index >= 15 is 0 Å². The van der Waals surface area contributed by atoms with Gasteiger partial charge in [0.2, 0.25) is 0 Å². The van der Waals surface area contributed by atoms with Gasteiger partial charge in [0.1, 0.15) is 11.9 Å². The summed E-state index contributed by atoms with van der Waals surface area (Å²) in [6.45, 7) is 3.13. The lowest BCUT2D eigenvalue weighted by molar-refractivity contribution is 0.0396. The molecule has 1 heterocycles. The van der Waals surface area contributed by atoms with E-state index in [1.807, 2.05) is 14.0 Å². The number of nitrogens with one attached hydrogen (secondary N) is 1. The van der Waals surface area contributed by atoms with Crippen molar-refractivity contribution >= 4 is 21.7 Å². The van der Waals surface area contributed by atoms with Crippen molar-refractivity contribution in [2.75, 3.05) is 26.1 Å². The number of ether oxygens (including phenoxy) is 2. The van der Waals surface area contributed by atoms with Gasteiger partial charge in [-0.05, 0) is 41.6 Å². The Kier molecular flexibility index (Phi) is 5.13. The first-order valence-corrected chi connectivity index (χ1v) is 7.35. The molecule has 1 unspecified atom stereocenters. The predicted molar refractivity (Wildman–Crippen MR) is 77.1 cm³/mol. The first-order chi connectivity index (χ1) is 9.21. The molecule has 19 heavy (non-hydrogen) atoms. The van der Waals surface area contributed by atoms with Crippen LogP contribution in [0.3, 0.4) is 0 Å². The normalized spacial score (nSPS) is 16.4. The highest BCUT2D eigenvalue weighted by atomic mass is 79.9. The van der Waals surface area contributed by atoms with Crippen molar-refractivity contribution < 1.29 is 9.47 Å². The third-order valence-corrected chi connectivity index (χ3v) is 3.94. The molecule has 5 nitrogen and oxygen atoms in total. The standard InChI is InChI=1S/C13H20BrN3O2/c1-4-19-11(8-5-6-8)13-16-9(7-18-3)10(14)12(15-2)17-13/h8,11H,4-7H2,1-3H3,(H,15,16,17). The van der Waals surface area contributed by atoms with Crippen LogP contribution in [0.4, 0.5) is 5.82 Å². The fraction of sp³-hybridized carbons (Fsp3) is 0.692. The number of hydrogen-bond donors (Lipinski definition) is 1. The summed E-state index contributed by atoms with van der Waals surface area (Å²) in [4.78, 5) is 9.17. The molecule has 2 rings (SSSR count). The van der Waals surface area contributed by atoms with E-state index in [0.717, 1.165) is 21.8 Å². The van der Waals surface area contributed by atoms with Gasteiger partial charge in [0.25, 0.3) is 0 Å². The van der Waals surface area contributed by atoms with Crippen LogP contribution in [-0.4, -0.2) is 30.7 Å². The molecule has 1 saturated carbocycles. The first-order valence-electron chi connectivity index (χ1n) is 6.55. The van der Waals surface area contributed by atoms with Crippen LogP contribution in [0.25, 0.3) is 0 Å². The summed E-state index contributed by atoms with van der Waals surface area (Å²) in [5.74, 6) is 2.09. The second-order valence-corrected chi connectivity index (χ2v) is 5.38. The van der Waals surface area contributed by atoms with E-state index < -0.39 is 0 Å². The lowest BCUT2D eigenvalue weighted by Gasteiger charge is -2.18. The maximum absolute atomic E-state index is 5.82. The van der Waals surface area contributed by atoms with Gasteiger partial charge in [-0.3, -0.25) is 0 Å². The van der Waals surface area contributed by atoms with E-state index in [0.29, 0.717) is 19.1 Å². The second kappa shape index (κ2) is 6.63. The van der Waals surface area contributed by atoms with Crippen molar-refractivity contribution in [3.05, 3.63) is 16.0 Å². The minimum absolute atomic E-state index is 0.000746. The minimum atomic E-state index is 0.000746. The molecule has 106 valence electrons. The van der Waals surface area contributed by atoms with E-state index in [1.54, 1.807) is 7.11 Å². The Morgan fingerprint density at radius 3 is 2.68 bits per heavy atom. The maximum atomic E-state index is 5.82. The van der Waals surface area contributed by atoms with Crippen LogP contribution < -0.4 is 5.32 Å². The van der Waals surface area contributed by atoms with Crippen molar-refractivity contribution in [2.45, 2.75) is 32.5 Å². The summed E-state index contributed by atoms with van der Waals surface area (Å²) in [6.07, 6.45) is 2.39. The molecule has 1 atom stereocenters. The number of aromatic nitrogens is 2. The highest BCUT2D eigenvalue weighted by Gasteiger charge is 2.35. The molecule has 1 aromatic heterocycles. The maximum Gasteiger partial charge on any atom is 0.160 e. The van der Waals surface area contributed by atoms with Crippen LogP contribution in [0.5, 0.6) is 0 Å². The van der Waals surface area contributed by atoms with E-state index in [4.69, 9.17) is 9.47 Å². The summed E-state index contributed by atoms with van der Waals surface area (Å²) in [7, 11) is 3.51. The minimum Gasteiger partial charge on any atom is -0.378 e. The van der Waals surface area contributed by atoms with E-state index in [2.05, 4.69) is 31.2 Å².